The van der Waals surface area contributed by atoms with Crippen LogP contribution in [-0.2, 0) is 0 Å². The average molecular weight is 273 g/mol. The molecular weight excluding hydrogens is 254 g/mol. The van der Waals surface area contributed by atoms with E-state index in [4.69, 9.17) is 10.2 Å². The van der Waals surface area contributed by atoms with Crippen molar-refractivity contribution in [3.63, 3.8) is 0 Å². The molecule has 3 rings (SSSR count). The lowest BCUT2D eigenvalue weighted by Gasteiger charge is -2.35. The van der Waals surface area contributed by atoms with Gasteiger partial charge in [0, 0.05) is 45.1 Å². The lowest BCUT2D eigenvalue weighted by molar-refractivity contribution is 0.233. The minimum Gasteiger partial charge on any atom is -0.468 e. The molecule has 0 bridgehead atoms. The van der Waals surface area contributed by atoms with Crippen molar-refractivity contribution in [3.8, 4) is 0 Å². The van der Waals surface area contributed by atoms with Crippen LogP contribution in [0.15, 0.2) is 41.3 Å². The minimum atomic E-state index is -0.0653. The van der Waals surface area contributed by atoms with Crippen LogP contribution in [0.1, 0.15) is 11.8 Å². The van der Waals surface area contributed by atoms with Crippen LogP contribution in [0.5, 0.6) is 0 Å². The van der Waals surface area contributed by atoms with E-state index in [1.165, 1.54) is 0 Å². The number of nitrogens with zero attached hydrogens (tertiary/aromatic N) is 4. The number of piperazine rings is 1. The monoisotopic (exact) mass is 273 g/mol. The molecular formula is C14H19N5O. The van der Waals surface area contributed by atoms with Gasteiger partial charge in [-0.05, 0) is 18.2 Å². The smallest absolute Gasteiger partial charge is 0.225 e. The molecule has 1 aliphatic rings. The van der Waals surface area contributed by atoms with E-state index in [-0.39, 0.29) is 6.04 Å². The summed E-state index contributed by atoms with van der Waals surface area (Å²) in [6, 6.07) is 5.57. The number of aromatic nitrogens is 2. The summed E-state index contributed by atoms with van der Waals surface area (Å²) >= 11 is 0. The first-order valence-electron chi connectivity index (χ1n) is 6.86. The van der Waals surface area contributed by atoms with Crippen molar-refractivity contribution in [1.29, 1.82) is 0 Å². The molecule has 0 aromatic carbocycles. The van der Waals surface area contributed by atoms with Gasteiger partial charge in [0.1, 0.15) is 5.76 Å². The van der Waals surface area contributed by atoms with Gasteiger partial charge in [0.05, 0.1) is 12.3 Å². The molecule has 0 radical (unpaired) electrons. The van der Waals surface area contributed by atoms with E-state index in [1.54, 1.807) is 18.7 Å². The zero-order chi connectivity index (χ0) is 13.8. The predicted octanol–water partition coefficient (Wildman–Crippen LogP) is 0.892. The maximum absolute atomic E-state index is 6.14. The van der Waals surface area contributed by atoms with Crippen LogP contribution >= 0.6 is 0 Å². The van der Waals surface area contributed by atoms with Crippen molar-refractivity contribution in [1.82, 2.24) is 14.9 Å². The van der Waals surface area contributed by atoms with Crippen molar-refractivity contribution in [2.45, 2.75) is 6.04 Å². The lowest BCUT2D eigenvalue weighted by Crippen LogP contribution is -2.48. The summed E-state index contributed by atoms with van der Waals surface area (Å²) in [5.74, 6) is 1.65. The Labute approximate surface area is 118 Å². The van der Waals surface area contributed by atoms with Crippen molar-refractivity contribution >= 4 is 5.95 Å². The van der Waals surface area contributed by atoms with E-state index < -0.39 is 0 Å². The SMILES string of the molecule is NC(CN1CCN(c2ncccn2)CC1)c1ccco1. The van der Waals surface area contributed by atoms with Crippen molar-refractivity contribution in [3.05, 3.63) is 42.6 Å². The van der Waals surface area contributed by atoms with Gasteiger partial charge in [-0.25, -0.2) is 9.97 Å². The lowest BCUT2D eigenvalue weighted by atomic mass is 10.2. The Hall–Kier alpha value is -1.92. The van der Waals surface area contributed by atoms with Gasteiger partial charge in [0.15, 0.2) is 0 Å². The van der Waals surface area contributed by atoms with Crippen LogP contribution in [0.4, 0.5) is 5.95 Å². The fourth-order valence-electron chi connectivity index (χ4n) is 2.46. The fraction of sp³-hybridized carbons (Fsp3) is 0.429. The molecule has 0 amide bonds. The largest absolute Gasteiger partial charge is 0.468 e. The summed E-state index contributed by atoms with van der Waals surface area (Å²) in [6.45, 7) is 4.60. The molecule has 1 aliphatic heterocycles. The summed E-state index contributed by atoms with van der Waals surface area (Å²) in [6.07, 6.45) is 5.23. The van der Waals surface area contributed by atoms with E-state index in [0.29, 0.717) is 0 Å². The second-order valence-corrected chi connectivity index (χ2v) is 4.96. The van der Waals surface area contributed by atoms with Gasteiger partial charge >= 0.3 is 0 Å². The third-order valence-electron chi connectivity index (χ3n) is 3.57. The number of anilines is 1. The first-order chi connectivity index (χ1) is 9.83. The molecule has 1 saturated heterocycles. The third-order valence-corrected chi connectivity index (χ3v) is 3.57. The van der Waals surface area contributed by atoms with Gasteiger partial charge in [-0.2, -0.15) is 0 Å². The summed E-state index contributed by atoms with van der Waals surface area (Å²) in [7, 11) is 0. The Morgan fingerprint density at radius 1 is 1.15 bits per heavy atom. The minimum absolute atomic E-state index is 0.0653. The summed E-state index contributed by atoms with van der Waals surface area (Å²) in [5, 5.41) is 0. The molecule has 2 aromatic heterocycles. The molecule has 20 heavy (non-hydrogen) atoms. The van der Waals surface area contributed by atoms with Crippen molar-refractivity contribution in [2.75, 3.05) is 37.6 Å². The summed E-state index contributed by atoms with van der Waals surface area (Å²) in [5.41, 5.74) is 6.14. The fourth-order valence-corrected chi connectivity index (χ4v) is 2.46. The highest BCUT2D eigenvalue weighted by molar-refractivity contribution is 5.29. The maximum Gasteiger partial charge on any atom is 0.225 e. The summed E-state index contributed by atoms with van der Waals surface area (Å²) in [4.78, 5) is 13.1. The number of hydrogen-bond acceptors (Lipinski definition) is 6. The van der Waals surface area contributed by atoms with Crippen LogP contribution in [0.25, 0.3) is 0 Å². The van der Waals surface area contributed by atoms with Gasteiger partial charge < -0.3 is 15.1 Å². The number of furan rings is 1. The quantitative estimate of drug-likeness (QED) is 0.892. The van der Waals surface area contributed by atoms with E-state index >= 15 is 0 Å². The van der Waals surface area contributed by atoms with Gasteiger partial charge in [0.2, 0.25) is 5.95 Å². The Balaban J connectivity index is 1.51. The Morgan fingerprint density at radius 3 is 2.55 bits per heavy atom. The summed E-state index contributed by atoms with van der Waals surface area (Å²) < 4.78 is 5.35. The van der Waals surface area contributed by atoms with Crippen molar-refractivity contribution < 1.29 is 4.42 Å². The van der Waals surface area contributed by atoms with E-state index in [0.717, 1.165) is 44.4 Å². The molecule has 0 saturated carbocycles. The van der Waals surface area contributed by atoms with Crippen LogP contribution in [0.3, 0.4) is 0 Å². The van der Waals surface area contributed by atoms with Gasteiger partial charge in [-0.15, -0.1) is 0 Å². The molecule has 106 valence electrons. The zero-order valence-electron chi connectivity index (χ0n) is 11.4. The maximum atomic E-state index is 6.14. The highest BCUT2D eigenvalue weighted by Crippen LogP contribution is 2.15. The average Bonchev–Trinajstić information content (AvgIpc) is 3.03. The van der Waals surface area contributed by atoms with E-state index in [9.17, 15) is 0 Å². The molecule has 1 unspecified atom stereocenters. The topological polar surface area (TPSA) is 71.4 Å². The van der Waals surface area contributed by atoms with Crippen LogP contribution in [-0.4, -0.2) is 47.6 Å². The van der Waals surface area contributed by atoms with Gasteiger partial charge in [-0.3, -0.25) is 4.90 Å². The van der Waals surface area contributed by atoms with E-state index in [1.807, 2.05) is 18.2 Å². The second-order valence-electron chi connectivity index (χ2n) is 4.96. The van der Waals surface area contributed by atoms with Crippen LogP contribution in [0, 0.1) is 0 Å². The molecule has 2 aromatic rings. The number of nitrogens with two attached hydrogens (primary N) is 1. The zero-order valence-corrected chi connectivity index (χ0v) is 11.4. The molecule has 1 atom stereocenters. The highest BCUT2D eigenvalue weighted by Gasteiger charge is 2.21. The molecule has 2 N–H and O–H groups in total. The molecule has 6 heteroatoms. The highest BCUT2D eigenvalue weighted by atomic mass is 16.3. The molecule has 1 fully saturated rings. The number of hydrogen-bond donors (Lipinski definition) is 1. The van der Waals surface area contributed by atoms with Crippen molar-refractivity contribution in [2.24, 2.45) is 5.73 Å². The number of rotatable bonds is 4. The first-order valence-corrected chi connectivity index (χ1v) is 6.86. The second kappa shape index (κ2) is 6.02. The van der Waals surface area contributed by atoms with Crippen LogP contribution in [0.2, 0.25) is 0 Å². The first kappa shape index (κ1) is 13.1. The molecule has 0 spiro atoms. The van der Waals surface area contributed by atoms with Gasteiger partial charge in [-0.1, -0.05) is 0 Å². The molecule has 0 aliphatic carbocycles. The Morgan fingerprint density at radius 2 is 1.90 bits per heavy atom. The normalized spacial score (nSPS) is 18.1. The van der Waals surface area contributed by atoms with Crippen LogP contribution < -0.4 is 10.6 Å². The Kier molecular flexibility index (Phi) is 3.94. The standard InChI is InChI=1S/C14H19N5O/c15-12(13-3-1-10-20-13)11-18-6-8-19(9-7-18)14-16-4-2-5-17-14/h1-5,10,12H,6-9,11,15H2. The predicted molar refractivity (Wildman–Crippen MR) is 76.3 cm³/mol. The molecule has 6 nitrogen and oxygen atoms in total. The Bertz CT molecular complexity index is 508. The molecule has 3 heterocycles. The van der Waals surface area contributed by atoms with E-state index in [2.05, 4.69) is 19.8 Å². The third kappa shape index (κ3) is 2.97. The van der Waals surface area contributed by atoms with Gasteiger partial charge in [0.25, 0.3) is 0 Å².